The molecule has 1 N–H and O–H groups in total. The van der Waals surface area contributed by atoms with Crippen molar-refractivity contribution in [3.8, 4) is 0 Å². The molecule has 0 fully saturated rings. The molecule has 1 atom stereocenters. The molecule has 1 rings (SSSR count). The zero-order valence-corrected chi connectivity index (χ0v) is 14.7. The van der Waals surface area contributed by atoms with E-state index in [1.165, 1.54) is 6.07 Å². The summed E-state index contributed by atoms with van der Waals surface area (Å²) in [6.07, 6.45) is 4.26. The molecule has 0 saturated heterocycles. The van der Waals surface area contributed by atoms with Crippen LogP contribution in [-0.4, -0.2) is 12.6 Å². The molecule has 0 bridgehead atoms. The van der Waals surface area contributed by atoms with Gasteiger partial charge >= 0.3 is 0 Å². The molecule has 1 aromatic rings. The summed E-state index contributed by atoms with van der Waals surface area (Å²) in [4.78, 5) is 0. The Morgan fingerprint density at radius 2 is 2.00 bits per heavy atom. The molecular formula is C17H27BrFN. The van der Waals surface area contributed by atoms with Gasteiger partial charge in [0.2, 0.25) is 0 Å². The lowest BCUT2D eigenvalue weighted by Gasteiger charge is -2.32. The van der Waals surface area contributed by atoms with E-state index in [1.807, 2.05) is 0 Å². The van der Waals surface area contributed by atoms with Crippen molar-refractivity contribution in [2.75, 3.05) is 6.54 Å². The zero-order chi connectivity index (χ0) is 15.2. The third-order valence-corrected chi connectivity index (χ3v) is 4.41. The van der Waals surface area contributed by atoms with Gasteiger partial charge in [0.1, 0.15) is 5.82 Å². The van der Waals surface area contributed by atoms with E-state index in [9.17, 15) is 4.39 Å². The molecule has 0 aliphatic heterocycles. The lowest BCUT2D eigenvalue weighted by Crippen LogP contribution is -2.40. The number of halogens is 2. The molecule has 0 amide bonds. The highest BCUT2D eigenvalue weighted by molar-refractivity contribution is 9.10. The summed E-state index contributed by atoms with van der Waals surface area (Å²) in [6, 6.07) is 5.43. The third kappa shape index (κ3) is 5.92. The van der Waals surface area contributed by atoms with Crippen LogP contribution in [0.2, 0.25) is 0 Å². The topological polar surface area (TPSA) is 12.0 Å². The van der Waals surface area contributed by atoms with E-state index in [0.717, 1.165) is 42.3 Å². The van der Waals surface area contributed by atoms with Gasteiger partial charge in [0, 0.05) is 10.5 Å². The maximum Gasteiger partial charge on any atom is 0.123 e. The fourth-order valence-corrected chi connectivity index (χ4v) is 2.84. The van der Waals surface area contributed by atoms with Crippen LogP contribution < -0.4 is 5.32 Å². The van der Waals surface area contributed by atoms with Gasteiger partial charge in [-0.2, -0.15) is 0 Å². The van der Waals surface area contributed by atoms with Crippen LogP contribution in [0, 0.1) is 11.2 Å². The van der Waals surface area contributed by atoms with Gasteiger partial charge in [-0.25, -0.2) is 4.39 Å². The largest absolute Gasteiger partial charge is 0.313 e. The number of aryl methyl sites for hydroxylation is 1. The molecule has 1 unspecified atom stereocenters. The predicted octanol–water partition coefficient (Wildman–Crippen LogP) is 5.33. The Bertz CT molecular complexity index is 412. The standard InChI is InChI=1S/C17H27BrFN/c1-5-11-20-16(17(2,3)4)8-6-7-13-12-14(19)9-10-15(13)18/h9-10,12,16,20H,5-8,11H2,1-4H3. The molecule has 20 heavy (non-hydrogen) atoms. The Kier molecular flexibility index (Phi) is 7.18. The second-order valence-corrected chi connectivity index (χ2v) is 7.36. The van der Waals surface area contributed by atoms with Crippen molar-refractivity contribution in [1.82, 2.24) is 5.32 Å². The highest BCUT2D eigenvalue weighted by Crippen LogP contribution is 2.25. The molecule has 1 nitrogen and oxygen atoms in total. The summed E-state index contributed by atoms with van der Waals surface area (Å²) >= 11 is 3.50. The maximum absolute atomic E-state index is 13.3. The number of benzene rings is 1. The monoisotopic (exact) mass is 343 g/mol. The summed E-state index contributed by atoms with van der Waals surface area (Å²) in [7, 11) is 0. The van der Waals surface area contributed by atoms with Crippen LogP contribution in [0.25, 0.3) is 0 Å². The first-order chi connectivity index (χ1) is 9.34. The third-order valence-electron chi connectivity index (χ3n) is 3.63. The van der Waals surface area contributed by atoms with Gasteiger partial charge in [0.15, 0.2) is 0 Å². The van der Waals surface area contributed by atoms with E-state index in [1.54, 1.807) is 12.1 Å². The zero-order valence-electron chi connectivity index (χ0n) is 13.1. The fourth-order valence-electron chi connectivity index (χ4n) is 2.39. The van der Waals surface area contributed by atoms with E-state index in [2.05, 4.69) is 48.9 Å². The summed E-state index contributed by atoms with van der Waals surface area (Å²) < 4.78 is 14.3. The van der Waals surface area contributed by atoms with Crippen LogP contribution in [0.1, 0.15) is 52.5 Å². The summed E-state index contributed by atoms with van der Waals surface area (Å²) in [5.74, 6) is -0.153. The lowest BCUT2D eigenvalue weighted by molar-refractivity contribution is 0.251. The molecule has 0 saturated carbocycles. The molecule has 0 aliphatic rings. The van der Waals surface area contributed by atoms with Gasteiger partial charge in [0.05, 0.1) is 0 Å². The first-order valence-corrected chi connectivity index (χ1v) is 8.31. The van der Waals surface area contributed by atoms with Crippen molar-refractivity contribution >= 4 is 15.9 Å². The van der Waals surface area contributed by atoms with E-state index < -0.39 is 0 Å². The van der Waals surface area contributed by atoms with Crippen molar-refractivity contribution in [3.63, 3.8) is 0 Å². The summed E-state index contributed by atoms with van der Waals surface area (Å²) in [6.45, 7) is 10.1. The number of rotatable bonds is 7. The number of hydrogen-bond donors (Lipinski definition) is 1. The molecule has 114 valence electrons. The Morgan fingerprint density at radius 3 is 2.60 bits per heavy atom. The average molecular weight is 344 g/mol. The van der Waals surface area contributed by atoms with Crippen LogP contribution in [0.3, 0.4) is 0 Å². The molecular weight excluding hydrogens is 317 g/mol. The first kappa shape index (κ1) is 17.6. The lowest BCUT2D eigenvalue weighted by atomic mass is 9.83. The van der Waals surface area contributed by atoms with Gasteiger partial charge in [-0.05, 0) is 61.4 Å². The molecule has 3 heteroatoms. The van der Waals surface area contributed by atoms with Gasteiger partial charge in [-0.3, -0.25) is 0 Å². The van der Waals surface area contributed by atoms with Crippen molar-refractivity contribution in [2.45, 2.75) is 59.4 Å². The van der Waals surface area contributed by atoms with Crippen LogP contribution in [0.15, 0.2) is 22.7 Å². The van der Waals surface area contributed by atoms with Crippen LogP contribution in [0.5, 0.6) is 0 Å². The van der Waals surface area contributed by atoms with Crippen molar-refractivity contribution in [3.05, 3.63) is 34.1 Å². The van der Waals surface area contributed by atoms with E-state index in [0.29, 0.717) is 6.04 Å². The molecule has 0 radical (unpaired) electrons. The predicted molar refractivity (Wildman–Crippen MR) is 88.6 cm³/mol. The maximum atomic E-state index is 13.3. The van der Waals surface area contributed by atoms with Crippen LogP contribution in [0.4, 0.5) is 4.39 Å². The van der Waals surface area contributed by atoms with Gasteiger partial charge in [-0.1, -0.05) is 43.6 Å². The normalized spacial score (nSPS) is 13.5. The first-order valence-electron chi connectivity index (χ1n) is 7.52. The van der Waals surface area contributed by atoms with E-state index in [4.69, 9.17) is 0 Å². The summed E-state index contributed by atoms with van der Waals surface area (Å²) in [5.41, 5.74) is 1.32. The highest BCUT2D eigenvalue weighted by Gasteiger charge is 2.23. The molecule has 1 aromatic carbocycles. The number of hydrogen-bond acceptors (Lipinski definition) is 1. The quantitative estimate of drug-likeness (QED) is 0.705. The van der Waals surface area contributed by atoms with Crippen molar-refractivity contribution in [1.29, 1.82) is 0 Å². The number of nitrogens with one attached hydrogen (secondary N) is 1. The fraction of sp³-hybridized carbons (Fsp3) is 0.647. The minimum atomic E-state index is -0.153. The van der Waals surface area contributed by atoms with Crippen molar-refractivity contribution in [2.24, 2.45) is 5.41 Å². The second-order valence-electron chi connectivity index (χ2n) is 6.50. The molecule has 0 aromatic heterocycles. The van der Waals surface area contributed by atoms with Crippen LogP contribution >= 0.6 is 15.9 Å². The van der Waals surface area contributed by atoms with E-state index >= 15 is 0 Å². The highest BCUT2D eigenvalue weighted by atomic mass is 79.9. The van der Waals surface area contributed by atoms with Crippen LogP contribution in [-0.2, 0) is 6.42 Å². The Morgan fingerprint density at radius 1 is 1.30 bits per heavy atom. The van der Waals surface area contributed by atoms with Gasteiger partial charge in [0.25, 0.3) is 0 Å². The molecule has 0 aliphatic carbocycles. The smallest absolute Gasteiger partial charge is 0.123 e. The Hall–Kier alpha value is -0.410. The minimum absolute atomic E-state index is 0.153. The Labute approximate surface area is 131 Å². The summed E-state index contributed by atoms with van der Waals surface area (Å²) in [5, 5.41) is 3.64. The Balaban J connectivity index is 2.53. The van der Waals surface area contributed by atoms with Gasteiger partial charge in [-0.15, -0.1) is 0 Å². The van der Waals surface area contributed by atoms with E-state index in [-0.39, 0.29) is 11.2 Å². The molecule has 0 heterocycles. The average Bonchev–Trinajstić information content (AvgIpc) is 2.36. The SMILES string of the molecule is CCCNC(CCCc1cc(F)ccc1Br)C(C)(C)C. The second kappa shape index (κ2) is 8.14. The van der Waals surface area contributed by atoms with Crippen molar-refractivity contribution < 1.29 is 4.39 Å². The van der Waals surface area contributed by atoms with Gasteiger partial charge < -0.3 is 5.32 Å². The minimum Gasteiger partial charge on any atom is -0.313 e. The molecule has 0 spiro atoms.